The molecule has 166 valence electrons. The number of aromatic nitrogens is 4. The summed E-state index contributed by atoms with van der Waals surface area (Å²) in [5, 5.41) is 15.0. The highest BCUT2D eigenvalue weighted by Gasteiger charge is 2.37. The molecule has 31 heavy (non-hydrogen) atoms. The highest BCUT2D eigenvalue weighted by Crippen LogP contribution is 2.28. The third-order valence-electron chi connectivity index (χ3n) is 4.00. The SMILES string of the molecule is O=c1[nH]c(-c2cc(CNC(O)C(F)(F)F)ccc2Cl)nn1-c1ccc(C(F)(F)F)nc1. The van der Waals surface area contributed by atoms with Gasteiger partial charge >= 0.3 is 18.0 Å². The minimum absolute atomic E-state index is 0.0530. The molecule has 3 N–H and O–H groups in total. The lowest BCUT2D eigenvalue weighted by molar-refractivity contribution is -0.213. The van der Waals surface area contributed by atoms with Crippen LogP contribution in [-0.4, -0.2) is 37.3 Å². The van der Waals surface area contributed by atoms with Crippen molar-refractivity contribution in [2.75, 3.05) is 0 Å². The number of pyridine rings is 1. The van der Waals surface area contributed by atoms with E-state index in [9.17, 15) is 31.1 Å². The molecule has 1 atom stereocenters. The van der Waals surface area contributed by atoms with Gasteiger partial charge in [0.25, 0.3) is 0 Å². The Morgan fingerprint density at radius 3 is 2.45 bits per heavy atom. The van der Waals surface area contributed by atoms with Crippen molar-refractivity contribution in [1.29, 1.82) is 0 Å². The van der Waals surface area contributed by atoms with Gasteiger partial charge in [-0.25, -0.2) is 9.78 Å². The van der Waals surface area contributed by atoms with Gasteiger partial charge in [0.2, 0.25) is 6.23 Å². The number of rotatable bonds is 5. The molecule has 3 aromatic rings. The van der Waals surface area contributed by atoms with Gasteiger partial charge in [-0.2, -0.15) is 31.0 Å². The highest BCUT2D eigenvalue weighted by molar-refractivity contribution is 6.33. The van der Waals surface area contributed by atoms with E-state index in [-0.39, 0.29) is 34.2 Å². The fourth-order valence-corrected chi connectivity index (χ4v) is 2.70. The number of hydrogen-bond donors (Lipinski definition) is 3. The quantitative estimate of drug-likeness (QED) is 0.395. The Balaban J connectivity index is 1.88. The van der Waals surface area contributed by atoms with Crippen molar-refractivity contribution >= 4 is 11.6 Å². The van der Waals surface area contributed by atoms with E-state index in [1.165, 1.54) is 18.2 Å². The summed E-state index contributed by atoms with van der Waals surface area (Å²) >= 11 is 6.09. The Morgan fingerprint density at radius 1 is 1.16 bits per heavy atom. The van der Waals surface area contributed by atoms with E-state index in [1.54, 1.807) is 0 Å². The molecule has 0 bridgehead atoms. The maximum atomic E-state index is 12.6. The molecule has 0 saturated heterocycles. The number of nitrogens with one attached hydrogen (secondary N) is 2. The Bertz CT molecular complexity index is 1120. The third-order valence-corrected chi connectivity index (χ3v) is 4.33. The minimum Gasteiger partial charge on any atom is -0.370 e. The largest absolute Gasteiger partial charge is 0.433 e. The second-order valence-electron chi connectivity index (χ2n) is 6.23. The average molecular weight is 468 g/mol. The van der Waals surface area contributed by atoms with Gasteiger partial charge in [-0.1, -0.05) is 17.7 Å². The normalized spacial score (nSPS) is 13.4. The molecule has 1 aromatic carbocycles. The van der Waals surface area contributed by atoms with Crippen LogP contribution in [0.3, 0.4) is 0 Å². The summed E-state index contributed by atoms with van der Waals surface area (Å²) in [5.41, 5.74) is -1.57. The van der Waals surface area contributed by atoms with Crippen molar-refractivity contribution in [3.05, 3.63) is 63.3 Å². The average Bonchev–Trinajstić information content (AvgIpc) is 3.07. The number of aromatic amines is 1. The molecular formula is C17H12ClF6N5O2. The van der Waals surface area contributed by atoms with Crippen LogP contribution in [-0.2, 0) is 12.7 Å². The van der Waals surface area contributed by atoms with Gasteiger partial charge in [-0.15, -0.1) is 5.10 Å². The summed E-state index contributed by atoms with van der Waals surface area (Å²) < 4.78 is 75.9. The van der Waals surface area contributed by atoms with Gasteiger partial charge in [0, 0.05) is 12.1 Å². The smallest absolute Gasteiger partial charge is 0.370 e. The first-order valence-corrected chi connectivity index (χ1v) is 8.74. The van der Waals surface area contributed by atoms with E-state index >= 15 is 0 Å². The predicted molar refractivity (Wildman–Crippen MR) is 96.3 cm³/mol. The first-order valence-electron chi connectivity index (χ1n) is 8.36. The number of alkyl halides is 6. The van der Waals surface area contributed by atoms with Crippen molar-refractivity contribution < 1.29 is 31.4 Å². The molecule has 0 saturated carbocycles. The maximum Gasteiger partial charge on any atom is 0.433 e. The van der Waals surface area contributed by atoms with Crippen LogP contribution in [0, 0.1) is 0 Å². The Morgan fingerprint density at radius 2 is 1.87 bits per heavy atom. The van der Waals surface area contributed by atoms with Crippen molar-refractivity contribution in [2.24, 2.45) is 0 Å². The third kappa shape index (κ3) is 5.24. The molecular weight excluding hydrogens is 456 g/mol. The molecule has 1 unspecified atom stereocenters. The summed E-state index contributed by atoms with van der Waals surface area (Å²) in [6.45, 7) is -0.376. The summed E-state index contributed by atoms with van der Waals surface area (Å²) in [4.78, 5) is 17.8. The summed E-state index contributed by atoms with van der Waals surface area (Å²) in [7, 11) is 0. The molecule has 0 amide bonds. The molecule has 0 aliphatic carbocycles. The van der Waals surface area contributed by atoms with Crippen molar-refractivity contribution in [2.45, 2.75) is 25.1 Å². The fourth-order valence-electron chi connectivity index (χ4n) is 2.49. The van der Waals surface area contributed by atoms with E-state index in [0.717, 1.165) is 16.9 Å². The Kier molecular flexibility index (Phi) is 6.11. The zero-order chi connectivity index (χ0) is 23.0. The van der Waals surface area contributed by atoms with Crippen LogP contribution in [0.1, 0.15) is 11.3 Å². The van der Waals surface area contributed by atoms with Crippen LogP contribution in [0.15, 0.2) is 41.3 Å². The van der Waals surface area contributed by atoms with Crippen LogP contribution >= 0.6 is 11.6 Å². The van der Waals surface area contributed by atoms with E-state index in [0.29, 0.717) is 6.07 Å². The number of halogens is 7. The summed E-state index contributed by atoms with van der Waals surface area (Å²) in [6.07, 6.45) is -11.4. The van der Waals surface area contributed by atoms with E-state index in [1.807, 2.05) is 5.32 Å². The molecule has 0 aliphatic heterocycles. The van der Waals surface area contributed by atoms with Crippen LogP contribution in [0.4, 0.5) is 26.3 Å². The highest BCUT2D eigenvalue weighted by atomic mass is 35.5. The van der Waals surface area contributed by atoms with Gasteiger partial charge in [-0.05, 0) is 29.8 Å². The number of aliphatic hydroxyl groups is 1. The molecule has 2 heterocycles. The summed E-state index contributed by atoms with van der Waals surface area (Å²) in [5.74, 6) is -0.0758. The number of benzene rings is 1. The van der Waals surface area contributed by atoms with Gasteiger partial charge in [-0.3, -0.25) is 10.3 Å². The number of H-pyrrole nitrogens is 1. The zero-order valence-electron chi connectivity index (χ0n) is 15.1. The molecule has 3 rings (SSSR count). The molecule has 2 aromatic heterocycles. The molecule has 0 spiro atoms. The molecule has 0 aliphatic rings. The van der Waals surface area contributed by atoms with Gasteiger partial charge in [0.05, 0.1) is 16.9 Å². The van der Waals surface area contributed by atoms with Crippen LogP contribution < -0.4 is 11.0 Å². The second-order valence-corrected chi connectivity index (χ2v) is 6.64. The lowest BCUT2D eigenvalue weighted by Gasteiger charge is -2.16. The van der Waals surface area contributed by atoms with Crippen LogP contribution in [0.25, 0.3) is 17.1 Å². The minimum atomic E-state index is -4.85. The van der Waals surface area contributed by atoms with E-state index in [2.05, 4.69) is 15.1 Å². The van der Waals surface area contributed by atoms with Crippen molar-refractivity contribution in [3.8, 4) is 17.1 Å². The standard InChI is InChI=1S/C17H12ClF6N5O2/c18-11-3-1-8(6-26-14(30)17(22,23)24)5-10(11)13-27-15(31)29(28-13)9-2-4-12(25-7-9)16(19,20)21/h1-5,7,14,26,30H,6H2,(H,27,28,31). The van der Waals surface area contributed by atoms with Crippen LogP contribution in [0.2, 0.25) is 5.02 Å². The monoisotopic (exact) mass is 467 g/mol. The summed E-state index contributed by atoms with van der Waals surface area (Å²) in [6, 6.07) is 5.78. The molecule has 0 radical (unpaired) electrons. The van der Waals surface area contributed by atoms with Crippen molar-refractivity contribution in [3.63, 3.8) is 0 Å². The van der Waals surface area contributed by atoms with Gasteiger partial charge in [0.1, 0.15) is 5.69 Å². The fraction of sp³-hybridized carbons (Fsp3) is 0.235. The maximum absolute atomic E-state index is 12.6. The number of hydrogen-bond acceptors (Lipinski definition) is 5. The van der Waals surface area contributed by atoms with E-state index in [4.69, 9.17) is 16.7 Å². The number of aliphatic hydroxyl groups excluding tert-OH is 1. The Hall–Kier alpha value is -2.90. The van der Waals surface area contributed by atoms with Gasteiger partial charge in [0.15, 0.2) is 5.82 Å². The Labute approximate surface area is 174 Å². The number of nitrogens with zero attached hydrogens (tertiary/aromatic N) is 3. The molecule has 7 nitrogen and oxygen atoms in total. The van der Waals surface area contributed by atoms with Crippen LogP contribution in [0.5, 0.6) is 0 Å². The lowest BCUT2D eigenvalue weighted by atomic mass is 10.1. The molecule has 0 fully saturated rings. The first-order chi connectivity index (χ1) is 14.4. The second kappa shape index (κ2) is 8.32. The van der Waals surface area contributed by atoms with Crippen molar-refractivity contribution in [1.82, 2.24) is 25.1 Å². The molecule has 14 heteroatoms. The predicted octanol–water partition coefficient (Wildman–Crippen LogP) is 3.27. The topological polar surface area (TPSA) is 95.8 Å². The van der Waals surface area contributed by atoms with E-state index < -0.39 is 30.0 Å². The zero-order valence-corrected chi connectivity index (χ0v) is 15.8. The first kappa shape index (κ1) is 22.8. The lowest BCUT2D eigenvalue weighted by Crippen LogP contribution is -2.41. The van der Waals surface area contributed by atoms with Gasteiger partial charge < -0.3 is 5.11 Å².